The molecule has 1 amide bonds. The van der Waals surface area contributed by atoms with Gasteiger partial charge in [0.1, 0.15) is 5.82 Å². The van der Waals surface area contributed by atoms with Gasteiger partial charge in [-0.05, 0) is 39.2 Å². The lowest BCUT2D eigenvalue weighted by atomic mass is 9.86. The third-order valence-corrected chi connectivity index (χ3v) is 6.56. The first-order valence-electron chi connectivity index (χ1n) is 10.5. The Morgan fingerprint density at radius 2 is 1.93 bits per heavy atom. The first-order chi connectivity index (χ1) is 13.1. The summed E-state index contributed by atoms with van der Waals surface area (Å²) in [7, 11) is 2.21. The number of piperazine rings is 1. The molecule has 27 heavy (non-hydrogen) atoms. The van der Waals surface area contributed by atoms with Crippen molar-refractivity contribution in [2.75, 3.05) is 56.1 Å². The lowest BCUT2D eigenvalue weighted by Crippen LogP contribution is -2.61. The van der Waals surface area contributed by atoms with Crippen molar-refractivity contribution in [2.45, 2.75) is 51.0 Å². The molecule has 3 fully saturated rings. The molecule has 148 valence electrons. The van der Waals surface area contributed by atoms with Crippen molar-refractivity contribution in [3.8, 4) is 0 Å². The summed E-state index contributed by atoms with van der Waals surface area (Å²) < 4.78 is 0. The van der Waals surface area contributed by atoms with Crippen molar-refractivity contribution in [1.29, 1.82) is 0 Å². The van der Waals surface area contributed by atoms with Crippen LogP contribution in [0.2, 0.25) is 0 Å². The topological polar surface area (TPSA) is 64.6 Å². The Morgan fingerprint density at radius 1 is 1.11 bits per heavy atom. The van der Waals surface area contributed by atoms with E-state index in [2.05, 4.69) is 40.1 Å². The summed E-state index contributed by atoms with van der Waals surface area (Å²) >= 11 is 0. The molecule has 3 saturated heterocycles. The van der Waals surface area contributed by atoms with E-state index in [0.29, 0.717) is 6.42 Å². The maximum atomic E-state index is 11.9. The molecule has 4 heterocycles. The number of aryl methyl sites for hydroxylation is 1. The summed E-state index contributed by atoms with van der Waals surface area (Å²) in [5.74, 6) is 2.14. The van der Waals surface area contributed by atoms with Gasteiger partial charge in [0.2, 0.25) is 11.9 Å². The van der Waals surface area contributed by atoms with Crippen molar-refractivity contribution in [3.05, 3.63) is 11.8 Å². The van der Waals surface area contributed by atoms with E-state index in [1.165, 1.54) is 12.8 Å². The van der Waals surface area contributed by atoms with Gasteiger partial charge in [-0.1, -0.05) is 6.92 Å². The lowest BCUT2D eigenvalue weighted by Gasteiger charge is -2.49. The minimum absolute atomic E-state index is 0.0442. The standard InChI is InChI=1S/C20H32N6O/c1-3-16-14-17(23-19(22-16)25-10-4-5-11-25)26-13-12-24(2)20(15-26)7-6-18(27)21-9-8-20/h14H,3-13,15H2,1-2H3,(H,21,27)/t20-/m1/s1. The number of carbonyl (C=O) groups is 1. The highest BCUT2D eigenvalue weighted by molar-refractivity contribution is 5.76. The maximum Gasteiger partial charge on any atom is 0.227 e. The number of amides is 1. The lowest BCUT2D eigenvalue weighted by molar-refractivity contribution is -0.120. The van der Waals surface area contributed by atoms with Gasteiger partial charge in [-0.15, -0.1) is 0 Å². The van der Waals surface area contributed by atoms with E-state index in [0.717, 1.165) is 76.0 Å². The van der Waals surface area contributed by atoms with E-state index in [9.17, 15) is 4.79 Å². The number of anilines is 2. The quantitative estimate of drug-likeness (QED) is 0.866. The zero-order chi connectivity index (χ0) is 18.9. The van der Waals surface area contributed by atoms with Crippen LogP contribution in [-0.2, 0) is 11.2 Å². The number of aromatic nitrogens is 2. The molecule has 0 aliphatic carbocycles. The molecule has 1 aromatic rings. The largest absolute Gasteiger partial charge is 0.356 e. The molecule has 0 unspecified atom stereocenters. The number of nitrogens with zero attached hydrogens (tertiary/aromatic N) is 5. The van der Waals surface area contributed by atoms with Gasteiger partial charge in [0, 0.05) is 63.0 Å². The van der Waals surface area contributed by atoms with E-state index >= 15 is 0 Å². The van der Waals surface area contributed by atoms with Crippen molar-refractivity contribution in [3.63, 3.8) is 0 Å². The van der Waals surface area contributed by atoms with Crippen LogP contribution in [0.4, 0.5) is 11.8 Å². The highest BCUT2D eigenvalue weighted by Gasteiger charge is 2.41. The van der Waals surface area contributed by atoms with E-state index in [-0.39, 0.29) is 11.4 Å². The summed E-state index contributed by atoms with van der Waals surface area (Å²) in [6.07, 6.45) is 5.91. The number of nitrogens with one attached hydrogen (secondary N) is 1. The number of carbonyl (C=O) groups excluding carboxylic acids is 1. The van der Waals surface area contributed by atoms with Crippen molar-refractivity contribution >= 4 is 17.7 Å². The molecule has 0 bridgehead atoms. The smallest absolute Gasteiger partial charge is 0.227 e. The average molecular weight is 373 g/mol. The van der Waals surface area contributed by atoms with E-state index in [1.807, 2.05) is 0 Å². The molecule has 1 N–H and O–H groups in total. The molecule has 7 heteroatoms. The first kappa shape index (κ1) is 18.5. The van der Waals surface area contributed by atoms with Crippen molar-refractivity contribution in [1.82, 2.24) is 20.2 Å². The summed E-state index contributed by atoms with van der Waals surface area (Å²) in [6, 6.07) is 2.17. The Kier molecular flexibility index (Phi) is 5.21. The third kappa shape index (κ3) is 3.74. The Hall–Kier alpha value is -1.89. The fourth-order valence-electron chi connectivity index (χ4n) is 4.66. The van der Waals surface area contributed by atoms with Crippen LogP contribution in [0.15, 0.2) is 6.07 Å². The van der Waals surface area contributed by atoms with Gasteiger partial charge >= 0.3 is 0 Å². The Morgan fingerprint density at radius 3 is 2.70 bits per heavy atom. The predicted octanol–water partition coefficient (Wildman–Crippen LogP) is 1.43. The predicted molar refractivity (Wildman–Crippen MR) is 107 cm³/mol. The molecule has 1 aromatic heterocycles. The van der Waals surface area contributed by atoms with Gasteiger partial charge in [0.05, 0.1) is 0 Å². The van der Waals surface area contributed by atoms with Crippen LogP contribution in [-0.4, -0.2) is 72.6 Å². The second-order valence-corrected chi connectivity index (χ2v) is 8.23. The van der Waals surface area contributed by atoms with Crippen LogP contribution in [0.1, 0.15) is 44.7 Å². The summed E-state index contributed by atoms with van der Waals surface area (Å²) in [5.41, 5.74) is 1.16. The fourth-order valence-corrected chi connectivity index (χ4v) is 4.66. The van der Waals surface area contributed by atoms with Crippen LogP contribution in [0, 0.1) is 0 Å². The van der Waals surface area contributed by atoms with Crippen LogP contribution in [0.3, 0.4) is 0 Å². The van der Waals surface area contributed by atoms with E-state index in [4.69, 9.17) is 9.97 Å². The zero-order valence-corrected chi connectivity index (χ0v) is 16.7. The van der Waals surface area contributed by atoms with Crippen LogP contribution in [0.5, 0.6) is 0 Å². The minimum Gasteiger partial charge on any atom is -0.356 e. The fraction of sp³-hybridized carbons (Fsp3) is 0.750. The SMILES string of the molecule is CCc1cc(N2CCN(C)[C@]3(CCNC(=O)CC3)C2)nc(N2CCCC2)n1. The molecular weight excluding hydrogens is 340 g/mol. The van der Waals surface area contributed by atoms with Crippen LogP contribution in [0.25, 0.3) is 0 Å². The normalized spacial score (nSPS) is 27.1. The highest BCUT2D eigenvalue weighted by atomic mass is 16.1. The molecule has 3 aliphatic rings. The second kappa shape index (κ2) is 7.62. The molecule has 3 aliphatic heterocycles. The minimum atomic E-state index is 0.0442. The molecule has 0 radical (unpaired) electrons. The number of likely N-dealkylation sites (N-methyl/N-ethyl adjacent to an activating group) is 1. The van der Waals surface area contributed by atoms with Crippen LogP contribution >= 0.6 is 0 Å². The maximum absolute atomic E-state index is 11.9. The van der Waals surface area contributed by atoms with Crippen molar-refractivity contribution in [2.24, 2.45) is 0 Å². The van der Waals surface area contributed by atoms with Gasteiger partial charge < -0.3 is 15.1 Å². The molecule has 1 spiro atoms. The highest BCUT2D eigenvalue weighted by Crippen LogP contribution is 2.33. The molecule has 7 nitrogen and oxygen atoms in total. The number of hydrogen-bond donors (Lipinski definition) is 1. The Balaban J connectivity index is 1.60. The van der Waals surface area contributed by atoms with Gasteiger partial charge in [0.15, 0.2) is 0 Å². The van der Waals surface area contributed by atoms with Crippen LogP contribution < -0.4 is 15.1 Å². The molecule has 4 rings (SSSR count). The molecular formula is C20H32N6O. The summed E-state index contributed by atoms with van der Waals surface area (Å²) in [6.45, 7) is 7.95. The third-order valence-electron chi connectivity index (χ3n) is 6.56. The van der Waals surface area contributed by atoms with Gasteiger partial charge in [-0.3, -0.25) is 9.69 Å². The van der Waals surface area contributed by atoms with Gasteiger partial charge in [-0.25, -0.2) is 4.98 Å². The summed E-state index contributed by atoms with van der Waals surface area (Å²) in [4.78, 5) is 28.9. The Labute approximate surface area is 162 Å². The molecule has 0 aromatic carbocycles. The monoisotopic (exact) mass is 372 g/mol. The van der Waals surface area contributed by atoms with Crippen molar-refractivity contribution < 1.29 is 4.79 Å². The second-order valence-electron chi connectivity index (χ2n) is 8.23. The average Bonchev–Trinajstić information content (AvgIpc) is 3.16. The first-order valence-corrected chi connectivity index (χ1v) is 10.5. The van der Waals surface area contributed by atoms with Gasteiger partial charge in [-0.2, -0.15) is 4.98 Å². The number of hydrogen-bond acceptors (Lipinski definition) is 6. The zero-order valence-electron chi connectivity index (χ0n) is 16.7. The van der Waals surface area contributed by atoms with Gasteiger partial charge in [0.25, 0.3) is 0 Å². The van der Waals surface area contributed by atoms with E-state index < -0.39 is 0 Å². The Bertz CT molecular complexity index is 689. The number of rotatable bonds is 3. The molecule has 1 atom stereocenters. The summed E-state index contributed by atoms with van der Waals surface area (Å²) in [5, 5.41) is 3.04. The van der Waals surface area contributed by atoms with E-state index in [1.54, 1.807) is 0 Å². The molecule has 0 saturated carbocycles.